The van der Waals surface area contributed by atoms with Crippen LogP contribution in [0.15, 0.2) is 36.4 Å². The fourth-order valence-electron chi connectivity index (χ4n) is 2.40. The van der Waals surface area contributed by atoms with Crippen molar-refractivity contribution in [3.63, 3.8) is 0 Å². The summed E-state index contributed by atoms with van der Waals surface area (Å²) in [6, 6.07) is 11.9. The summed E-state index contributed by atoms with van der Waals surface area (Å²) in [5.74, 6) is 1.14. The molecule has 0 fully saturated rings. The zero-order chi connectivity index (χ0) is 17.5. The van der Waals surface area contributed by atoms with Crippen molar-refractivity contribution in [3.8, 4) is 11.5 Å². The molecule has 0 bridgehead atoms. The summed E-state index contributed by atoms with van der Waals surface area (Å²) in [5, 5.41) is 13.0. The van der Waals surface area contributed by atoms with Crippen LogP contribution in [-0.2, 0) is 13.2 Å². The van der Waals surface area contributed by atoms with Gasteiger partial charge in [0, 0.05) is 13.1 Å². The zero-order valence-electron chi connectivity index (χ0n) is 14.3. The van der Waals surface area contributed by atoms with E-state index in [0.29, 0.717) is 36.2 Å². The molecule has 4 nitrogen and oxygen atoms in total. The minimum atomic E-state index is -0.390. The van der Waals surface area contributed by atoms with Crippen molar-refractivity contribution < 1.29 is 14.6 Å². The van der Waals surface area contributed by atoms with Crippen LogP contribution in [0.4, 0.5) is 0 Å². The topological polar surface area (TPSA) is 50.7 Å². The second kappa shape index (κ2) is 8.92. The van der Waals surface area contributed by atoms with Gasteiger partial charge in [0.1, 0.15) is 6.61 Å². The van der Waals surface area contributed by atoms with E-state index in [2.05, 4.69) is 11.4 Å². The molecule has 2 N–H and O–H groups in total. The summed E-state index contributed by atoms with van der Waals surface area (Å²) in [6.07, 6.45) is -0.390. The lowest BCUT2D eigenvalue weighted by atomic mass is 10.1. The van der Waals surface area contributed by atoms with E-state index in [0.717, 1.165) is 11.1 Å². The molecule has 1 atom stereocenters. The van der Waals surface area contributed by atoms with Crippen LogP contribution in [0.3, 0.4) is 0 Å². The first-order chi connectivity index (χ1) is 11.5. The van der Waals surface area contributed by atoms with Crippen LogP contribution in [0.25, 0.3) is 0 Å². The average Bonchev–Trinajstić information content (AvgIpc) is 2.53. The molecule has 2 rings (SSSR count). The van der Waals surface area contributed by atoms with Gasteiger partial charge in [0.15, 0.2) is 11.5 Å². The molecule has 2 aromatic rings. The molecular weight excluding hydrogens is 326 g/mol. The number of hydrogen-bond donors (Lipinski definition) is 2. The number of rotatable bonds is 8. The number of benzene rings is 2. The Morgan fingerprint density at radius 1 is 1.21 bits per heavy atom. The number of methoxy groups -OCH3 is 1. The van der Waals surface area contributed by atoms with E-state index in [1.54, 1.807) is 14.0 Å². The smallest absolute Gasteiger partial charge is 0.180 e. The van der Waals surface area contributed by atoms with Crippen molar-refractivity contribution in [2.24, 2.45) is 0 Å². The Kier molecular flexibility index (Phi) is 6.91. The van der Waals surface area contributed by atoms with Gasteiger partial charge in [0.25, 0.3) is 0 Å². The quantitative estimate of drug-likeness (QED) is 0.763. The third kappa shape index (κ3) is 5.41. The maximum absolute atomic E-state index is 9.29. The Hall–Kier alpha value is -1.75. The second-order valence-corrected chi connectivity index (χ2v) is 6.27. The minimum absolute atomic E-state index is 0.390. The first-order valence-electron chi connectivity index (χ1n) is 7.93. The van der Waals surface area contributed by atoms with Crippen LogP contribution in [-0.4, -0.2) is 24.9 Å². The molecule has 0 heterocycles. The van der Waals surface area contributed by atoms with Crippen LogP contribution in [0.5, 0.6) is 11.5 Å². The van der Waals surface area contributed by atoms with Crippen molar-refractivity contribution in [2.75, 3.05) is 13.7 Å². The molecule has 24 heavy (non-hydrogen) atoms. The van der Waals surface area contributed by atoms with Gasteiger partial charge in [-0.1, -0.05) is 41.4 Å². The van der Waals surface area contributed by atoms with Gasteiger partial charge in [-0.15, -0.1) is 0 Å². The molecule has 0 aromatic heterocycles. The second-order valence-electron chi connectivity index (χ2n) is 5.87. The SMILES string of the molecule is COc1cc(CNC[C@H](C)O)cc(Cl)c1OCc1cccc(C)c1. The third-order valence-corrected chi connectivity index (χ3v) is 3.80. The lowest BCUT2D eigenvalue weighted by Gasteiger charge is -2.15. The molecule has 0 aliphatic carbocycles. The van der Waals surface area contributed by atoms with Gasteiger partial charge in [-0.3, -0.25) is 0 Å². The molecule has 0 aliphatic rings. The summed E-state index contributed by atoms with van der Waals surface area (Å²) in [6.45, 7) is 5.33. The number of aryl methyl sites for hydroxylation is 1. The lowest BCUT2D eigenvalue weighted by molar-refractivity contribution is 0.191. The van der Waals surface area contributed by atoms with Gasteiger partial charge in [-0.2, -0.15) is 0 Å². The van der Waals surface area contributed by atoms with Crippen molar-refractivity contribution in [1.29, 1.82) is 0 Å². The predicted octanol–water partition coefficient (Wildman–Crippen LogP) is 3.71. The number of nitrogens with one attached hydrogen (secondary N) is 1. The fraction of sp³-hybridized carbons (Fsp3) is 0.368. The number of ether oxygens (including phenoxy) is 2. The fourth-order valence-corrected chi connectivity index (χ4v) is 2.69. The van der Waals surface area contributed by atoms with E-state index >= 15 is 0 Å². The zero-order valence-corrected chi connectivity index (χ0v) is 15.1. The van der Waals surface area contributed by atoms with Crippen LogP contribution >= 0.6 is 11.6 Å². The van der Waals surface area contributed by atoms with Gasteiger partial charge >= 0.3 is 0 Å². The van der Waals surface area contributed by atoms with E-state index in [-0.39, 0.29) is 6.10 Å². The van der Waals surface area contributed by atoms with Crippen LogP contribution in [0, 0.1) is 6.92 Å². The summed E-state index contributed by atoms with van der Waals surface area (Å²) in [4.78, 5) is 0. The van der Waals surface area contributed by atoms with Gasteiger partial charge in [0.05, 0.1) is 18.2 Å². The summed E-state index contributed by atoms with van der Waals surface area (Å²) < 4.78 is 11.3. The Bertz CT molecular complexity index is 674. The largest absolute Gasteiger partial charge is 0.493 e. The maximum atomic E-state index is 9.29. The molecule has 0 amide bonds. The molecule has 0 radical (unpaired) electrons. The minimum Gasteiger partial charge on any atom is -0.493 e. The molecule has 0 aliphatic heterocycles. The van der Waals surface area contributed by atoms with Crippen molar-refractivity contribution in [1.82, 2.24) is 5.32 Å². The first-order valence-corrected chi connectivity index (χ1v) is 8.31. The Balaban J connectivity index is 2.09. The monoisotopic (exact) mass is 349 g/mol. The molecule has 5 heteroatoms. The van der Waals surface area contributed by atoms with Gasteiger partial charge in [-0.05, 0) is 37.1 Å². The molecule has 0 spiro atoms. The normalized spacial score (nSPS) is 12.0. The van der Waals surface area contributed by atoms with E-state index in [1.807, 2.05) is 37.3 Å². The summed E-state index contributed by atoms with van der Waals surface area (Å²) >= 11 is 6.37. The van der Waals surface area contributed by atoms with Gasteiger partial charge in [-0.25, -0.2) is 0 Å². The Morgan fingerprint density at radius 3 is 2.67 bits per heavy atom. The van der Waals surface area contributed by atoms with E-state index in [4.69, 9.17) is 21.1 Å². The van der Waals surface area contributed by atoms with Gasteiger partial charge in [0.2, 0.25) is 0 Å². The molecular formula is C19H24ClNO3. The van der Waals surface area contributed by atoms with Crippen molar-refractivity contribution in [3.05, 3.63) is 58.1 Å². The van der Waals surface area contributed by atoms with Crippen LogP contribution in [0.2, 0.25) is 5.02 Å². The number of aliphatic hydroxyl groups excluding tert-OH is 1. The number of aliphatic hydroxyl groups is 1. The van der Waals surface area contributed by atoms with E-state index < -0.39 is 0 Å². The van der Waals surface area contributed by atoms with Crippen LogP contribution < -0.4 is 14.8 Å². The summed E-state index contributed by atoms with van der Waals surface area (Å²) in [7, 11) is 1.60. The van der Waals surface area contributed by atoms with Gasteiger partial charge < -0.3 is 19.9 Å². The predicted molar refractivity (Wildman–Crippen MR) is 96.9 cm³/mol. The molecule has 130 valence electrons. The lowest BCUT2D eigenvalue weighted by Crippen LogP contribution is -2.23. The maximum Gasteiger partial charge on any atom is 0.180 e. The number of halogens is 1. The highest BCUT2D eigenvalue weighted by molar-refractivity contribution is 6.32. The van der Waals surface area contributed by atoms with E-state index in [1.165, 1.54) is 5.56 Å². The average molecular weight is 350 g/mol. The third-order valence-electron chi connectivity index (χ3n) is 3.52. The van der Waals surface area contributed by atoms with Crippen LogP contribution in [0.1, 0.15) is 23.6 Å². The molecule has 0 saturated carbocycles. The van der Waals surface area contributed by atoms with E-state index in [9.17, 15) is 5.11 Å². The molecule has 0 saturated heterocycles. The Labute approximate surface area is 148 Å². The standard InChI is InChI=1S/C19H24ClNO3/c1-13-5-4-6-15(7-13)12-24-19-17(20)8-16(9-18(19)23-3)11-21-10-14(2)22/h4-9,14,21-22H,10-12H2,1-3H3/t14-/m0/s1. The summed E-state index contributed by atoms with van der Waals surface area (Å²) in [5.41, 5.74) is 3.24. The molecule has 0 unspecified atom stereocenters. The Morgan fingerprint density at radius 2 is 2.00 bits per heavy atom. The highest BCUT2D eigenvalue weighted by Crippen LogP contribution is 2.37. The first kappa shape index (κ1) is 18.6. The highest BCUT2D eigenvalue weighted by atomic mass is 35.5. The highest BCUT2D eigenvalue weighted by Gasteiger charge is 2.12. The number of hydrogen-bond acceptors (Lipinski definition) is 4. The van der Waals surface area contributed by atoms with Crippen molar-refractivity contribution in [2.45, 2.75) is 33.1 Å². The van der Waals surface area contributed by atoms with Crippen molar-refractivity contribution >= 4 is 11.6 Å². The molecule has 2 aromatic carbocycles.